The molecule has 8 unspecified atom stereocenters. The van der Waals surface area contributed by atoms with E-state index in [9.17, 15) is 9.90 Å². The van der Waals surface area contributed by atoms with E-state index in [0.717, 1.165) is 31.1 Å². The van der Waals surface area contributed by atoms with Crippen molar-refractivity contribution < 1.29 is 9.90 Å². The molecule has 0 radical (unpaired) electrons. The molecule has 1 N–H and O–H groups in total. The van der Waals surface area contributed by atoms with Gasteiger partial charge in [-0.05, 0) is 79.4 Å². The molecule has 4 aliphatic carbocycles. The van der Waals surface area contributed by atoms with Gasteiger partial charge in [-0.2, -0.15) is 0 Å². The van der Waals surface area contributed by atoms with Crippen LogP contribution in [0.2, 0.25) is 0 Å². The van der Waals surface area contributed by atoms with Gasteiger partial charge in [0.2, 0.25) is 0 Å². The second kappa shape index (κ2) is 5.05. The highest BCUT2D eigenvalue weighted by molar-refractivity contribution is 9.10. The summed E-state index contributed by atoms with van der Waals surface area (Å²) in [6, 6.07) is 0. The van der Waals surface area contributed by atoms with Gasteiger partial charge < -0.3 is 5.11 Å². The Kier molecular flexibility index (Phi) is 3.59. The molecule has 124 valence electrons. The highest BCUT2D eigenvalue weighted by atomic mass is 79.9. The number of Topliss-reactive ketones (excluding diaryl/α,β-unsaturated/α-hetero) is 1. The van der Waals surface area contributed by atoms with Crippen molar-refractivity contribution >= 4 is 21.7 Å². The van der Waals surface area contributed by atoms with Crippen molar-refractivity contribution in [2.75, 3.05) is 0 Å². The summed E-state index contributed by atoms with van der Waals surface area (Å²) in [6.45, 7) is 4.82. The molecule has 0 aliphatic heterocycles. The lowest BCUT2D eigenvalue weighted by Crippen LogP contribution is -2.56. The number of aliphatic hydroxyl groups excluding tert-OH is 1. The molecule has 0 spiro atoms. The summed E-state index contributed by atoms with van der Waals surface area (Å²) in [5, 5.41) is 10.5. The summed E-state index contributed by atoms with van der Waals surface area (Å²) in [5.74, 6) is 3.22. The molecular formula is C19H29BrO2. The Morgan fingerprint density at radius 3 is 2.41 bits per heavy atom. The van der Waals surface area contributed by atoms with Gasteiger partial charge in [-0.1, -0.05) is 29.8 Å². The van der Waals surface area contributed by atoms with Gasteiger partial charge in [-0.3, -0.25) is 4.79 Å². The molecule has 2 nitrogen and oxygen atoms in total. The third-order valence-electron chi connectivity index (χ3n) is 8.46. The van der Waals surface area contributed by atoms with Crippen LogP contribution >= 0.6 is 15.9 Å². The Balaban J connectivity index is 1.65. The van der Waals surface area contributed by atoms with Crippen molar-refractivity contribution in [1.29, 1.82) is 0 Å². The largest absolute Gasteiger partial charge is 0.393 e. The van der Waals surface area contributed by atoms with E-state index in [2.05, 4.69) is 29.8 Å². The Hall–Kier alpha value is 0.110. The summed E-state index contributed by atoms with van der Waals surface area (Å²) >= 11 is 3.73. The number of fused-ring (bicyclic) bond motifs is 5. The first-order valence-electron chi connectivity index (χ1n) is 9.23. The maximum absolute atomic E-state index is 12.1. The van der Waals surface area contributed by atoms with Crippen LogP contribution in [0.3, 0.4) is 0 Å². The Bertz CT molecular complexity index is 492. The summed E-state index contributed by atoms with van der Waals surface area (Å²) in [5.41, 5.74) is 0.502. The molecule has 8 atom stereocenters. The van der Waals surface area contributed by atoms with Crippen LogP contribution in [-0.2, 0) is 4.79 Å². The maximum atomic E-state index is 12.1. The number of hydrogen-bond acceptors (Lipinski definition) is 2. The van der Waals surface area contributed by atoms with E-state index < -0.39 is 0 Å². The van der Waals surface area contributed by atoms with Gasteiger partial charge in [0.15, 0.2) is 0 Å². The zero-order valence-corrected chi connectivity index (χ0v) is 15.4. The lowest BCUT2D eigenvalue weighted by Gasteiger charge is -2.60. The van der Waals surface area contributed by atoms with Gasteiger partial charge in [0.05, 0.1) is 10.9 Å². The van der Waals surface area contributed by atoms with Crippen LogP contribution in [0, 0.1) is 34.5 Å². The third kappa shape index (κ3) is 1.90. The van der Waals surface area contributed by atoms with Crippen molar-refractivity contribution in [1.82, 2.24) is 0 Å². The van der Waals surface area contributed by atoms with Gasteiger partial charge in [0, 0.05) is 6.42 Å². The second-order valence-corrected chi connectivity index (χ2v) is 10.1. The molecule has 0 saturated heterocycles. The van der Waals surface area contributed by atoms with E-state index in [0.29, 0.717) is 23.0 Å². The molecule has 0 aromatic carbocycles. The van der Waals surface area contributed by atoms with Gasteiger partial charge in [-0.25, -0.2) is 0 Å². The number of halogens is 1. The van der Waals surface area contributed by atoms with E-state index in [1.807, 2.05) is 0 Å². The highest BCUT2D eigenvalue weighted by Gasteiger charge is 2.61. The first-order chi connectivity index (χ1) is 10.4. The molecule has 22 heavy (non-hydrogen) atoms. The zero-order valence-electron chi connectivity index (χ0n) is 13.9. The van der Waals surface area contributed by atoms with Crippen LogP contribution in [0.15, 0.2) is 0 Å². The Morgan fingerprint density at radius 2 is 1.64 bits per heavy atom. The fraction of sp³-hybridized carbons (Fsp3) is 0.947. The molecule has 0 aromatic rings. The van der Waals surface area contributed by atoms with Crippen molar-refractivity contribution in [2.24, 2.45) is 34.5 Å². The summed E-state index contributed by atoms with van der Waals surface area (Å²) in [6.07, 6.45) is 8.90. The lowest BCUT2D eigenvalue weighted by atomic mass is 9.45. The third-order valence-corrected chi connectivity index (χ3v) is 9.61. The van der Waals surface area contributed by atoms with Crippen LogP contribution in [0.1, 0.15) is 65.2 Å². The Labute approximate surface area is 142 Å². The number of carbonyl (C=O) groups excluding carboxylic acids is 1. The topological polar surface area (TPSA) is 37.3 Å². The standard InChI is InChI=1S/C19H29BrO2/c1-18-10-8-15(21)17(20)14(18)4-3-11-12-5-6-16(22)19(12,2)9-7-13(11)18/h11-14,16-17,22H,3-10H2,1-2H3. The van der Waals surface area contributed by atoms with E-state index in [1.165, 1.54) is 32.1 Å². The quantitative estimate of drug-likeness (QED) is 0.646. The predicted octanol–water partition coefficient (Wildman–Crippen LogP) is 4.33. The van der Waals surface area contributed by atoms with E-state index >= 15 is 0 Å². The van der Waals surface area contributed by atoms with Crippen LogP contribution < -0.4 is 0 Å². The average molecular weight is 369 g/mol. The molecule has 0 amide bonds. The fourth-order valence-electron chi connectivity index (χ4n) is 7.06. The minimum Gasteiger partial charge on any atom is -0.393 e. The monoisotopic (exact) mass is 368 g/mol. The van der Waals surface area contributed by atoms with Crippen molar-refractivity contribution in [3.05, 3.63) is 0 Å². The first-order valence-corrected chi connectivity index (χ1v) is 10.1. The molecule has 4 saturated carbocycles. The maximum Gasteiger partial charge on any atom is 0.146 e. The average Bonchev–Trinajstić information content (AvgIpc) is 2.79. The van der Waals surface area contributed by atoms with E-state index in [1.54, 1.807) is 0 Å². The van der Waals surface area contributed by atoms with Crippen LogP contribution in [0.5, 0.6) is 0 Å². The van der Waals surface area contributed by atoms with Crippen LogP contribution in [-0.4, -0.2) is 21.8 Å². The van der Waals surface area contributed by atoms with E-state index in [-0.39, 0.29) is 16.3 Å². The highest BCUT2D eigenvalue weighted by Crippen LogP contribution is 2.66. The minimum atomic E-state index is -0.0826. The molecule has 4 fully saturated rings. The van der Waals surface area contributed by atoms with Gasteiger partial charge >= 0.3 is 0 Å². The molecule has 4 rings (SSSR count). The van der Waals surface area contributed by atoms with Gasteiger partial charge in [-0.15, -0.1) is 0 Å². The van der Waals surface area contributed by atoms with Crippen LogP contribution in [0.25, 0.3) is 0 Å². The summed E-state index contributed by atoms with van der Waals surface area (Å²) in [7, 11) is 0. The normalized spacial score (nSPS) is 57.9. The van der Waals surface area contributed by atoms with E-state index in [4.69, 9.17) is 0 Å². The SMILES string of the molecule is CC12CCC3C(CCC4C(Br)C(=O)CCC43C)C1CCC2O. The lowest BCUT2D eigenvalue weighted by molar-refractivity contribution is -0.140. The van der Waals surface area contributed by atoms with Crippen molar-refractivity contribution in [3.63, 3.8) is 0 Å². The minimum absolute atomic E-state index is 0.0826. The van der Waals surface area contributed by atoms with Crippen molar-refractivity contribution in [2.45, 2.75) is 76.1 Å². The smallest absolute Gasteiger partial charge is 0.146 e. The zero-order chi connectivity index (χ0) is 15.7. The predicted molar refractivity (Wildman–Crippen MR) is 90.8 cm³/mol. The molecule has 0 heterocycles. The number of alkyl halides is 1. The van der Waals surface area contributed by atoms with Gasteiger partial charge in [0.25, 0.3) is 0 Å². The first kappa shape index (κ1) is 15.6. The molecule has 4 aliphatic rings. The number of hydrogen-bond donors (Lipinski definition) is 1. The molecule has 3 heteroatoms. The summed E-state index contributed by atoms with van der Waals surface area (Å²) < 4.78 is 0. The number of aliphatic hydroxyl groups is 1. The number of rotatable bonds is 0. The van der Waals surface area contributed by atoms with Gasteiger partial charge in [0.1, 0.15) is 5.78 Å². The fourth-order valence-corrected chi connectivity index (χ4v) is 8.16. The van der Waals surface area contributed by atoms with Crippen LogP contribution in [0.4, 0.5) is 0 Å². The number of ketones is 1. The Morgan fingerprint density at radius 1 is 0.955 bits per heavy atom. The second-order valence-electron chi connectivity index (χ2n) is 9.07. The molecule has 0 bridgehead atoms. The molecule has 0 aromatic heterocycles. The summed E-state index contributed by atoms with van der Waals surface area (Å²) in [4.78, 5) is 12.2. The molecular weight excluding hydrogens is 340 g/mol. The van der Waals surface area contributed by atoms with Crippen molar-refractivity contribution in [3.8, 4) is 0 Å². The number of carbonyl (C=O) groups is 1.